The van der Waals surface area contributed by atoms with E-state index >= 15 is 0 Å². The second kappa shape index (κ2) is 7.56. The van der Waals surface area contributed by atoms with Crippen LogP contribution >= 0.6 is 0 Å². The summed E-state index contributed by atoms with van der Waals surface area (Å²) in [5, 5.41) is 11.5. The molecule has 8 nitrogen and oxygen atoms in total. The van der Waals surface area contributed by atoms with Gasteiger partial charge < -0.3 is 24.8 Å². The van der Waals surface area contributed by atoms with E-state index in [2.05, 4.69) is 10.1 Å². The number of carbonyl (C=O) groups is 3. The van der Waals surface area contributed by atoms with E-state index in [1.807, 2.05) is 0 Å². The Morgan fingerprint density at radius 1 is 1.35 bits per heavy atom. The fourth-order valence-electron chi connectivity index (χ4n) is 2.32. The summed E-state index contributed by atoms with van der Waals surface area (Å²) >= 11 is 0. The van der Waals surface area contributed by atoms with E-state index in [0.717, 1.165) is 0 Å². The van der Waals surface area contributed by atoms with E-state index in [-0.39, 0.29) is 31.5 Å². The van der Waals surface area contributed by atoms with Crippen LogP contribution in [0.1, 0.15) is 19.8 Å². The van der Waals surface area contributed by atoms with Crippen molar-refractivity contribution in [2.24, 2.45) is 5.92 Å². The number of carboxylic acids is 1. The van der Waals surface area contributed by atoms with Crippen molar-refractivity contribution in [1.29, 1.82) is 0 Å². The molecule has 0 radical (unpaired) electrons. The van der Waals surface area contributed by atoms with Crippen molar-refractivity contribution in [3.05, 3.63) is 0 Å². The third-order valence-electron chi connectivity index (χ3n) is 3.03. The molecule has 2 atom stereocenters. The van der Waals surface area contributed by atoms with Gasteiger partial charge in [0.25, 0.3) is 0 Å². The van der Waals surface area contributed by atoms with Crippen molar-refractivity contribution in [3.63, 3.8) is 0 Å². The Morgan fingerprint density at radius 3 is 2.60 bits per heavy atom. The number of rotatable bonds is 4. The van der Waals surface area contributed by atoms with Gasteiger partial charge in [0.2, 0.25) is 0 Å². The number of carbonyl (C=O) groups excluding carboxylic acids is 2. The lowest BCUT2D eigenvalue weighted by atomic mass is 9.92. The summed E-state index contributed by atoms with van der Waals surface area (Å²) in [6.45, 7) is 2.52. The average molecular weight is 288 g/mol. The summed E-state index contributed by atoms with van der Waals surface area (Å²) in [5.41, 5.74) is 0. The highest BCUT2D eigenvalue weighted by molar-refractivity contribution is 5.70. The predicted molar refractivity (Wildman–Crippen MR) is 68.3 cm³/mol. The van der Waals surface area contributed by atoms with Crippen LogP contribution in [-0.2, 0) is 14.3 Å². The number of carboxylic acid groups (broad SMARTS) is 1. The fraction of sp³-hybridized carbons (Fsp3) is 0.750. The highest BCUT2D eigenvalue weighted by Crippen LogP contribution is 2.21. The Labute approximate surface area is 117 Å². The Kier molecular flexibility index (Phi) is 6.08. The molecule has 2 amide bonds. The zero-order chi connectivity index (χ0) is 15.1. The van der Waals surface area contributed by atoms with Crippen LogP contribution in [0.3, 0.4) is 0 Å². The molecule has 114 valence electrons. The third kappa shape index (κ3) is 4.94. The van der Waals surface area contributed by atoms with Crippen molar-refractivity contribution in [2.45, 2.75) is 25.8 Å². The SMILES string of the molecule is CCOC(=O)NC1CC(CC(=O)O)CN(C(=O)OC)C1. The van der Waals surface area contributed by atoms with Crippen molar-refractivity contribution in [3.8, 4) is 0 Å². The maximum Gasteiger partial charge on any atom is 0.409 e. The molecule has 1 fully saturated rings. The molecular formula is C12H20N2O6. The van der Waals surface area contributed by atoms with Crippen LogP contribution in [0.5, 0.6) is 0 Å². The van der Waals surface area contributed by atoms with E-state index in [0.29, 0.717) is 13.0 Å². The Balaban J connectivity index is 2.66. The molecular weight excluding hydrogens is 268 g/mol. The molecule has 0 aromatic heterocycles. The number of hydrogen-bond donors (Lipinski definition) is 2. The quantitative estimate of drug-likeness (QED) is 0.787. The maximum atomic E-state index is 11.6. The Morgan fingerprint density at radius 2 is 2.05 bits per heavy atom. The molecule has 1 saturated heterocycles. The highest BCUT2D eigenvalue weighted by atomic mass is 16.5. The van der Waals surface area contributed by atoms with Gasteiger partial charge in [0.1, 0.15) is 0 Å². The number of ether oxygens (including phenoxy) is 2. The summed E-state index contributed by atoms with van der Waals surface area (Å²) < 4.78 is 9.42. The van der Waals surface area contributed by atoms with Gasteiger partial charge in [0, 0.05) is 19.5 Å². The number of alkyl carbamates (subject to hydrolysis) is 1. The molecule has 0 bridgehead atoms. The summed E-state index contributed by atoms with van der Waals surface area (Å²) in [5.74, 6) is -1.16. The summed E-state index contributed by atoms with van der Waals surface area (Å²) in [6, 6.07) is -0.341. The van der Waals surface area contributed by atoms with Crippen molar-refractivity contribution in [2.75, 3.05) is 26.8 Å². The van der Waals surface area contributed by atoms with Crippen LogP contribution in [-0.4, -0.2) is 61.0 Å². The molecule has 1 rings (SSSR count). The smallest absolute Gasteiger partial charge is 0.409 e. The molecule has 0 aromatic rings. The first kappa shape index (κ1) is 16.1. The number of aliphatic carboxylic acids is 1. The Bertz CT molecular complexity index is 373. The van der Waals surface area contributed by atoms with Crippen LogP contribution in [0.4, 0.5) is 9.59 Å². The summed E-state index contributed by atoms with van der Waals surface area (Å²) in [7, 11) is 1.26. The number of piperidine rings is 1. The number of methoxy groups -OCH3 is 1. The molecule has 0 saturated carbocycles. The molecule has 1 aliphatic rings. The molecule has 8 heteroatoms. The monoisotopic (exact) mass is 288 g/mol. The zero-order valence-corrected chi connectivity index (χ0v) is 11.6. The summed E-state index contributed by atoms with van der Waals surface area (Å²) in [4.78, 5) is 35.2. The van der Waals surface area contributed by atoms with E-state index < -0.39 is 18.2 Å². The lowest BCUT2D eigenvalue weighted by Gasteiger charge is -2.36. The third-order valence-corrected chi connectivity index (χ3v) is 3.03. The molecule has 0 spiro atoms. The van der Waals surface area contributed by atoms with Crippen molar-refractivity contribution < 1.29 is 29.0 Å². The van der Waals surface area contributed by atoms with Gasteiger partial charge >= 0.3 is 18.2 Å². The van der Waals surface area contributed by atoms with Gasteiger partial charge in [-0.1, -0.05) is 0 Å². The van der Waals surface area contributed by atoms with Gasteiger partial charge in [-0.15, -0.1) is 0 Å². The van der Waals surface area contributed by atoms with E-state index in [1.54, 1.807) is 6.92 Å². The molecule has 20 heavy (non-hydrogen) atoms. The van der Waals surface area contributed by atoms with Gasteiger partial charge in [-0.2, -0.15) is 0 Å². The van der Waals surface area contributed by atoms with Crippen molar-refractivity contribution in [1.82, 2.24) is 10.2 Å². The van der Waals surface area contributed by atoms with Crippen LogP contribution in [0.15, 0.2) is 0 Å². The first-order chi connectivity index (χ1) is 9.46. The molecule has 0 aromatic carbocycles. The maximum absolute atomic E-state index is 11.6. The topological polar surface area (TPSA) is 105 Å². The molecule has 0 aliphatic carbocycles. The minimum absolute atomic E-state index is 0.0610. The van der Waals surface area contributed by atoms with Crippen LogP contribution < -0.4 is 5.32 Å². The lowest BCUT2D eigenvalue weighted by molar-refractivity contribution is -0.138. The normalized spacial score (nSPS) is 22.0. The zero-order valence-electron chi connectivity index (χ0n) is 11.6. The van der Waals surface area contributed by atoms with Crippen LogP contribution in [0.25, 0.3) is 0 Å². The van der Waals surface area contributed by atoms with Gasteiger partial charge in [0.15, 0.2) is 0 Å². The second-order valence-electron chi connectivity index (χ2n) is 4.64. The largest absolute Gasteiger partial charge is 0.481 e. The van der Waals surface area contributed by atoms with Crippen LogP contribution in [0, 0.1) is 5.92 Å². The second-order valence-corrected chi connectivity index (χ2v) is 4.64. The summed E-state index contributed by atoms with van der Waals surface area (Å²) in [6.07, 6.45) is -0.679. The number of nitrogens with one attached hydrogen (secondary N) is 1. The van der Waals surface area contributed by atoms with Crippen LogP contribution in [0.2, 0.25) is 0 Å². The van der Waals surface area contributed by atoms with E-state index in [4.69, 9.17) is 9.84 Å². The molecule has 1 heterocycles. The minimum Gasteiger partial charge on any atom is -0.481 e. The van der Waals surface area contributed by atoms with Gasteiger partial charge in [0.05, 0.1) is 19.8 Å². The first-order valence-electron chi connectivity index (χ1n) is 6.44. The standard InChI is InChI=1S/C12H20N2O6/c1-3-20-11(17)13-9-4-8(5-10(15)16)6-14(7-9)12(18)19-2/h8-9H,3-7H2,1-2H3,(H,13,17)(H,15,16). The predicted octanol–water partition coefficient (Wildman–Crippen LogP) is 0.664. The first-order valence-corrected chi connectivity index (χ1v) is 6.44. The number of amides is 2. The van der Waals surface area contributed by atoms with E-state index in [9.17, 15) is 14.4 Å². The van der Waals surface area contributed by atoms with Gasteiger partial charge in [-0.25, -0.2) is 9.59 Å². The number of likely N-dealkylation sites (tertiary alicyclic amines) is 1. The number of nitrogens with zero attached hydrogens (tertiary/aromatic N) is 1. The minimum atomic E-state index is -0.934. The molecule has 2 N–H and O–H groups in total. The fourth-order valence-corrected chi connectivity index (χ4v) is 2.32. The molecule has 2 unspecified atom stereocenters. The van der Waals surface area contributed by atoms with Gasteiger partial charge in [-0.05, 0) is 19.3 Å². The van der Waals surface area contributed by atoms with Gasteiger partial charge in [-0.3, -0.25) is 4.79 Å². The highest BCUT2D eigenvalue weighted by Gasteiger charge is 2.32. The van der Waals surface area contributed by atoms with Crippen molar-refractivity contribution >= 4 is 18.2 Å². The van der Waals surface area contributed by atoms with E-state index in [1.165, 1.54) is 12.0 Å². The Hall–Kier alpha value is -1.99. The average Bonchev–Trinajstić information content (AvgIpc) is 2.36. The lowest BCUT2D eigenvalue weighted by Crippen LogP contribution is -2.53. The number of hydrogen-bond acceptors (Lipinski definition) is 5. The molecule has 1 aliphatic heterocycles.